The molecular formula is C11H11N3S. The van der Waals surface area contributed by atoms with Crippen LogP contribution in [0.2, 0.25) is 0 Å². The predicted octanol–water partition coefficient (Wildman–Crippen LogP) is 2.52. The first kappa shape index (κ1) is 9.98. The van der Waals surface area contributed by atoms with Gasteiger partial charge in [0.1, 0.15) is 0 Å². The molecule has 15 heavy (non-hydrogen) atoms. The number of benzene rings is 1. The Labute approximate surface area is 92.8 Å². The molecule has 1 aromatic carbocycles. The van der Waals surface area contributed by atoms with E-state index >= 15 is 0 Å². The van der Waals surface area contributed by atoms with Gasteiger partial charge in [0, 0.05) is 23.0 Å². The van der Waals surface area contributed by atoms with Crippen LogP contribution in [0.4, 0.5) is 5.69 Å². The van der Waals surface area contributed by atoms with Crippen molar-refractivity contribution in [3.8, 4) is 0 Å². The van der Waals surface area contributed by atoms with Gasteiger partial charge in [0.25, 0.3) is 0 Å². The van der Waals surface area contributed by atoms with Crippen LogP contribution in [-0.2, 0) is 0 Å². The lowest BCUT2D eigenvalue weighted by molar-refractivity contribution is 0.950. The molecule has 0 fully saturated rings. The molecule has 3 nitrogen and oxygen atoms in total. The number of hydrogen-bond donors (Lipinski definition) is 1. The van der Waals surface area contributed by atoms with E-state index in [4.69, 9.17) is 5.73 Å². The van der Waals surface area contributed by atoms with Gasteiger partial charge in [-0.3, -0.25) is 0 Å². The van der Waals surface area contributed by atoms with Crippen molar-refractivity contribution >= 4 is 17.4 Å². The van der Waals surface area contributed by atoms with Crippen molar-refractivity contribution in [1.29, 1.82) is 0 Å². The van der Waals surface area contributed by atoms with Crippen LogP contribution in [0.1, 0.15) is 5.56 Å². The molecule has 0 aliphatic carbocycles. The Morgan fingerprint density at radius 3 is 2.27 bits per heavy atom. The van der Waals surface area contributed by atoms with Gasteiger partial charge in [-0.15, -0.1) is 0 Å². The van der Waals surface area contributed by atoms with Gasteiger partial charge < -0.3 is 5.73 Å². The van der Waals surface area contributed by atoms with Crippen molar-refractivity contribution in [2.45, 2.75) is 17.0 Å². The van der Waals surface area contributed by atoms with Gasteiger partial charge in [-0.2, -0.15) is 0 Å². The second-order valence-electron chi connectivity index (χ2n) is 3.21. The van der Waals surface area contributed by atoms with E-state index in [9.17, 15) is 0 Å². The van der Waals surface area contributed by atoms with Gasteiger partial charge in [-0.1, -0.05) is 0 Å². The summed E-state index contributed by atoms with van der Waals surface area (Å²) in [4.78, 5) is 9.52. The third-order valence-corrected chi connectivity index (χ3v) is 2.75. The monoisotopic (exact) mass is 217 g/mol. The van der Waals surface area contributed by atoms with Crippen LogP contribution in [-0.4, -0.2) is 9.97 Å². The van der Waals surface area contributed by atoms with Crippen LogP contribution in [0.5, 0.6) is 0 Å². The van der Waals surface area contributed by atoms with Crippen LogP contribution in [0.15, 0.2) is 46.7 Å². The summed E-state index contributed by atoms with van der Waals surface area (Å²) in [6.07, 6.45) is 3.62. The minimum atomic E-state index is 0.755. The molecule has 0 saturated heterocycles. The lowest BCUT2D eigenvalue weighted by Gasteiger charge is -2.00. The van der Waals surface area contributed by atoms with Gasteiger partial charge >= 0.3 is 0 Å². The van der Waals surface area contributed by atoms with E-state index in [0.717, 1.165) is 21.3 Å². The highest BCUT2D eigenvalue weighted by Crippen LogP contribution is 2.24. The SMILES string of the molecule is Cc1cnc(Sc2ccc(N)cc2)nc1. The molecule has 0 radical (unpaired) electrons. The van der Waals surface area contributed by atoms with Crippen molar-refractivity contribution < 1.29 is 0 Å². The summed E-state index contributed by atoms with van der Waals surface area (Å²) < 4.78 is 0. The Bertz CT molecular complexity index is 393. The predicted molar refractivity (Wildman–Crippen MR) is 61.7 cm³/mol. The minimum Gasteiger partial charge on any atom is -0.399 e. The lowest BCUT2D eigenvalue weighted by Crippen LogP contribution is -1.87. The third kappa shape index (κ3) is 2.70. The fourth-order valence-electron chi connectivity index (χ4n) is 1.07. The van der Waals surface area contributed by atoms with Gasteiger partial charge in [0.05, 0.1) is 0 Å². The molecule has 2 rings (SSSR count). The standard InChI is InChI=1S/C11H11N3S/c1-8-6-13-11(14-7-8)15-10-4-2-9(12)3-5-10/h2-7H,12H2,1H3. The summed E-state index contributed by atoms with van der Waals surface area (Å²) in [5.74, 6) is 0. The average Bonchev–Trinajstić information content (AvgIpc) is 2.25. The summed E-state index contributed by atoms with van der Waals surface area (Å²) in [5, 5.41) is 0.755. The van der Waals surface area contributed by atoms with E-state index in [1.165, 1.54) is 11.8 Å². The maximum atomic E-state index is 5.60. The highest BCUT2D eigenvalue weighted by atomic mass is 32.2. The molecule has 1 heterocycles. The van der Waals surface area contributed by atoms with E-state index < -0.39 is 0 Å². The number of hydrogen-bond acceptors (Lipinski definition) is 4. The molecule has 0 atom stereocenters. The van der Waals surface area contributed by atoms with E-state index in [1.807, 2.05) is 43.6 Å². The topological polar surface area (TPSA) is 51.8 Å². The molecule has 1 aromatic heterocycles. The smallest absolute Gasteiger partial charge is 0.192 e. The van der Waals surface area contributed by atoms with Gasteiger partial charge in [-0.05, 0) is 48.5 Å². The van der Waals surface area contributed by atoms with Crippen molar-refractivity contribution in [2.75, 3.05) is 5.73 Å². The van der Waals surface area contributed by atoms with Crippen LogP contribution in [0.25, 0.3) is 0 Å². The first-order chi connectivity index (χ1) is 7.24. The average molecular weight is 217 g/mol. The largest absolute Gasteiger partial charge is 0.399 e. The number of rotatable bonds is 2. The normalized spacial score (nSPS) is 10.2. The summed E-state index contributed by atoms with van der Waals surface area (Å²) in [7, 11) is 0. The summed E-state index contributed by atoms with van der Waals surface area (Å²) in [6.45, 7) is 1.97. The van der Waals surface area contributed by atoms with Crippen LogP contribution >= 0.6 is 11.8 Å². The molecule has 0 amide bonds. The lowest BCUT2D eigenvalue weighted by atomic mass is 10.3. The molecule has 2 N–H and O–H groups in total. The highest BCUT2D eigenvalue weighted by Gasteiger charge is 1.99. The Morgan fingerprint density at radius 1 is 1.07 bits per heavy atom. The number of aromatic nitrogens is 2. The van der Waals surface area contributed by atoms with E-state index in [-0.39, 0.29) is 0 Å². The molecular weight excluding hydrogens is 206 g/mol. The Morgan fingerprint density at radius 2 is 1.67 bits per heavy atom. The fraction of sp³-hybridized carbons (Fsp3) is 0.0909. The van der Waals surface area contributed by atoms with Gasteiger partial charge in [0.15, 0.2) is 5.16 Å². The van der Waals surface area contributed by atoms with E-state index in [1.54, 1.807) is 0 Å². The molecule has 0 saturated carbocycles. The second kappa shape index (κ2) is 4.31. The van der Waals surface area contributed by atoms with Crippen molar-refractivity contribution in [3.05, 3.63) is 42.2 Å². The minimum absolute atomic E-state index is 0.755. The molecule has 0 aliphatic rings. The number of nitrogen functional groups attached to an aromatic ring is 1. The van der Waals surface area contributed by atoms with Gasteiger partial charge in [-0.25, -0.2) is 9.97 Å². The van der Waals surface area contributed by atoms with E-state index in [0.29, 0.717) is 0 Å². The fourth-order valence-corrected chi connectivity index (χ4v) is 1.77. The Balaban J connectivity index is 2.15. The second-order valence-corrected chi connectivity index (χ2v) is 4.25. The Kier molecular flexibility index (Phi) is 2.87. The quantitative estimate of drug-likeness (QED) is 0.620. The summed E-state index contributed by atoms with van der Waals surface area (Å²) in [6, 6.07) is 7.67. The molecule has 0 aliphatic heterocycles. The molecule has 0 bridgehead atoms. The molecule has 0 spiro atoms. The number of nitrogens with two attached hydrogens (primary N) is 1. The summed E-state index contributed by atoms with van der Waals surface area (Å²) in [5.41, 5.74) is 7.43. The number of aryl methyl sites for hydroxylation is 1. The third-order valence-electron chi connectivity index (χ3n) is 1.85. The maximum Gasteiger partial charge on any atom is 0.192 e. The zero-order valence-corrected chi connectivity index (χ0v) is 9.16. The maximum absolute atomic E-state index is 5.60. The van der Waals surface area contributed by atoms with E-state index in [2.05, 4.69) is 9.97 Å². The first-order valence-electron chi connectivity index (χ1n) is 4.56. The van der Waals surface area contributed by atoms with Gasteiger partial charge in [0.2, 0.25) is 0 Å². The van der Waals surface area contributed by atoms with Crippen LogP contribution < -0.4 is 5.73 Å². The molecule has 2 aromatic rings. The molecule has 0 unspecified atom stereocenters. The number of anilines is 1. The highest BCUT2D eigenvalue weighted by molar-refractivity contribution is 7.99. The molecule has 76 valence electrons. The van der Waals surface area contributed by atoms with Crippen LogP contribution in [0.3, 0.4) is 0 Å². The zero-order chi connectivity index (χ0) is 10.7. The van der Waals surface area contributed by atoms with Crippen molar-refractivity contribution in [1.82, 2.24) is 9.97 Å². The molecule has 4 heteroatoms. The zero-order valence-electron chi connectivity index (χ0n) is 8.34. The van der Waals surface area contributed by atoms with Crippen LogP contribution in [0, 0.1) is 6.92 Å². The first-order valence-corrected chi connectivity index (χ1v) is 5.38. The van der Waals surface area contributed by atoms with Crippen molar-refractivity contribution in [3.63, 3.8) is 0 Å². The Hall–Kier alpha value is -1.55. The number of nitrogens with zero attached hydrogens (tertiary/aromatic N) is 2. The van der Waals surface area contributed by atoms with Crippen molar-refractivity contribution in [2.24, 2.45) is 0 Å². The summed E-state index contributed by atoms with van der Waals surface area (Å²) >= 11 is 1.53.